The van der Waals surface area contributed by atoms with Crippen molar-refractivity contribution in [3.8, 4) is 5.75 Å². The highest BCUT2D eigenvalue weighted by molar-refractivity contribution is 7.22. The number of benzene rings is 1. The molecular formula is C18H25N3O2S. The van der Waals surface area contributed by atoms with E-state index < -0.39 is 0 Å². The highest BCUT2D eigenvalue weighted by Crippen LogP contribution is 2.38. The SMILES string of the molecule is COc1ccc(C)c2sc(N(CCN(C)C)C(=O)C3CCC3)nc12. The molecule has 1 aromatic carbocycles. The molecule has 1 aliphatic carbocycles. The molecule has 0 saturated heterocycles. The first-order valence-electron chi connectivity index (χ1n) is 8.41. The monoisotopic (exact) mass is 347 g/mol. The van der Waals surface area contributed by atoms with Crippen LogP contribution in [-0.4, -0.2) is 50.1 Å². The maximum Gasteiger partial charge on any atom is 0.231 e. The fraction of sp³-hybridized carbons (Fsp3) is 0.556. The third-order valence-corrected chi connectivity index (χ3v) is 5.85. The van der Waals surface area contributed by atoms with E-state index in [9.17, 15) is 4.79 Å². The molecule has 0 bridgehead atoms. The minimum absolute atomic E-state index is 0.169. The number of aryl methyl sites for hydroxylation is 1. The van der Waals surface area contributed by atoms with Crippen LogP contribution in [-0.2, 0) is 4.79 Å². The van der Waals surface area contributed by atoms with Crippen LogP contribution in [0.4, 0.5) is 5.13 Å². The van der Waals surface area contributed by atoms with Gasteiger partial charge < -0.3 is 9.64 Å². The van der Waals surface area contributed by atoms with Crippen molar-refractivity contribution in [3.05, 3.63) is 17.7 Å². The zero-order valence-electron chi connectivity index (χ0n) is 14.8. The van der Waals surface area contributed by atoms with Crippen molar-refractivity contribution in [1.82, 2.24) is 9.88 Å². The number of carbonyl (C=O) groups excluding carboxylic acids is 1. The Balaban J connectivity index is 1.98. The Kier molecular flexibility index (Phi) is 5.06. The zero-order chi connectivity index (χ0) is 17.3. The molecule has 0 N–H and O–H groups in total. The first-order valence-corrected chi connectivity index (χ1v) is 9.23. The van der Waals surface area contributed by atoms with Crippen LogP contribution in [0.3, 0.4) is 0 Å². The Hall–Kier alpha value is -1.66. The second-order valence-electron chi connectivity index (χ2n) is 6.68. The van der Waals surface area contributed by atoms with E-state index in [0.29, 0.717) is 6.54 Å². The molecule has 0 spiro atoms. The number of nitrogens with zero attached hydrogens (tertiary/aromatic N) is 3. The summed E-state index contributed by atoms with van der Waals surface area (Å²) in [5.74, 6) is 1.16. The van der Waals surface area contributed by atoms with Gasteiger partial charge in [0.05, 0.1) is 11.8 Å². The molecule has 6 heteroatoms. The van der Waals surface area contributed by atoms with Crippen LogP contribution in [0.15, 0.2) is 12.1 Å². The quantitative estimate of drug-likeness (QED) is 0.804. The van der Waals surface area contributed by atoms with Crippen LogP contribution in [0.2, 0.25) is 0 Å². The lowest BCUT2D eigenvalue weighted by molar-refractivity contribution is -0.124. The van der Waals surface area contributed by atoms with Crippen molar-refractivity contribution in [2.75, 3.05) is 39.2 Å². The van der Waals surface area contributed by atoms with E-state index in [1.54, 1.807) is 18.4 Å². The molecular weight excluding hydrogens is 322 g/mol. The standard InChI is InChI=1S/C18H25N3O2S/c1-12-8-9-14(23-4)15-16(12)24-18(19-15)21(11-10-20(2)3)17(22)13-6-5-7-13/h8-9,13H,5-7,10-11H2,1-4H3. The average Bonchev–Trinajstić information content (AvgIpc) is 2.91. The van der Waals surface area contributed by atoms with E-state index in [1.165, 1.54) is 5.56 Å². The van der Waals surface area contributed by atoms with Crippen molar-refractivity contribution in [2.45, 2.75) is 26.2 Å². The number of anilines is 1. The first kappa shape index (κ1) is 17.2. The van der Waals surface area contributed by atoms with Gasteiger partial charge in [-0.3, -0.25) is 9.69 Å². The van der Waals surface area contributed by atoms with E-state index in [-0.39, 0.29) is 11.8 Å². The lowest BCUT2D eigenvalue weighted by Gasteiger charge is -2.30. The Bertz CT molecular complexity index is 737. The number of likely N-dealkylation sites (N-methyl/N-ethyl adjacent to an activating group) is 1. The van der Waals surface area contributed by atoms with Crippen LogP contribution in [0.25, 0.3) is 10.2 Å². The Morgan fingerprint density at radius 2 is 2.08 bits per heavy atom. The first-order chi connectivity index (χ1) is 11.5. The van der Waals surface area contributed by atoms with Gasteiger partial charge in [0.2, 0.25) is 5.91 Å². The number of hydrogen-bond acceptors (Lipinski definition) is 5. The fourth-order valence-corrected chi connectivity index (χ4v) is 3.94. The van der Waals surface area contributed by atoms with Gasteiger partial charge in [-0.05, 0) is 45.5 Å². The third kappa shape index (κ3) is 3.26. The lowest BCUT2D eigenvalue weighted by Crippen LogP contribution is -2.42. The molecule has 1 heterocycles. The molecule has 0 unspecified atom stereocenters. The molecule has 0 radical (unpaired) electrons. The number of fused-ring (bicyclic) bond motifs is 1. The summed E-state index contributed by atoms with van der Waals surface area (Å²) in [6, 6.07) is 3.99. The lowest BCUT2D eigenvalue weighted by atomic mass is 9.84. The van der Waals surface area contributed by atoms with Crippen LogP contribution < -0.4 is 9.64 Å². The number of amides is 1. The van der Waals surface area contributed by atoms with Crippen molar-refractivity contribution in [2.24, 2.45) is 5.92 Å². The number of thiazole rings is 1. The van der Waals surface area contributed by atoms with Crippen molar-refractivity contribution < 1.29 is 9.53 Å². The predicted octanol–water partition coefficient (Wildman–Crippen LogP) is 3.31. The van der Waals surface area contributed by atoms with Gasteiger partial charge in [-0.25, -0.2) is 4.98 Å². The normalized spacial score (nSPS) is 14.9. The second-order valence-corrected chi connectivity index (χ2v) is 7.66. The van der Waals surface area contributed by atoms with E-state index in [4.69, 9.17) is 9.72 Å². The topological polar surface area (TPSA) is 45.7 Å². The molecule has 3 rings (SSSR count). The van der Waals surface area contributed by atoms with Crippen LogP contribution in [0.5, 0.6) is 5.75 Å². The fourth-order valence-electron chi connectivity index (χ4n) is 2.85. The number of hydrogen-bond donors (Lipinski definition) is 0. The van der Waals surface area contributed by atoms with Gasteiger partial charge in [-0.1, -0.05) is 23.8 Å². The van der Waals surface area contributed by atoms with Crippen molar-refractivity contribution in [1.29, 1.82) is 0 Å². The maximum atomic E-state index is 12.9. The van der Waals surface area contributed by atoms with Crippen LogP contribution in [0, 0.1) is 12.8 Å². The van der Waals surface area contributed by atoms with Gasteiger partial charge in [0, 0.05) is 19.0 Å². The Morgan fingerprint density at radius 3 is 2.67 bits per heavy atom. The molecule has 1 fully saturated rings. The van der Waals surface area contributed by atoms with Crippen LogP contribution in [0.1, 0.15) is 24.8 Å². The highest BCUT2D eigenvalue weighted by atomic mass is 32.1. The Labute approximate surface area is 147 Å². The smallest absolute Gasteiger partial charge is 0.231 e. The summed E-state index contributed by atoms with van der Waals surface area (Å²) in [6.07, 6.45) is 3.17. The molecule has 1 saturated carbocycles. The second kappa shape index (κ2) is 7.07. The average molecular weight is 347 g/mol. The number of ether oxygens (including phenoxy) is 1. The van der Waals surface area contributed by atoms with Gasteiger partial charge in [-0.15, -0.1) is 0 Å². The minimum Gasteiger partial charge on any atom is -0.494 e. The van der Waals surface area contributed by atoms with E-state index >= 15 is 0 Å². The molecule has 0 aliphatic heterocycles. The van der Waals surface area contributed by atoms with Gasteiger partial charge in [0.1, 0.15) is 11.3 Å². The maximum absolute atomic E-state index is 12.9. The van der Waals surface area contributed by atoms with Gasteiger partial charge in [0.15, 0.2) is 5.13 Å². The number of methoxy groups -OCH3 is 1. The predicted molar refractivity (Wildman–Crippen MR) is 99.2 cm³/mol. The number of carbonyl (C=O) groups is 1. The molecule has 5 nitrogen and oxygen atoms in total. The molecule has 1 amide bonds. The van der Waals surface area contributed by atoms with E-state index in [2.05, 4.69) is 11.8 Å². The summed E-state index contributed by atoms with van der Waals surface area (Å²) >= 11 is 1.59. The van der Waals surface area contributed by atoms with Gasteiger partial charge in [-0.2, -0.15) is 0 Å². The highest BCUT2D eigenvalue weighted by Gasteiger charge is 2.31. The summed E-state index contributed by atoms with van der Waals surface area (Å²) in [4.78, 5) is 21.6. The van der Waals surface area contributed by atoms with E-state index in [1.807, 2.05) is 31.1 Å². The summed E-state index contributed by atoms with van der Waals surface area (Å²) in [7, 11) is 5.71. The van der Waals surface area contributed by atoms with Crippen molar-refractivity contribution in [3.63, 3.8) is 0 Å². The summed E-state index contributed by atoms with van der Waals surface area (Å²) in [5, 5.41) is 0.788. The summed E-state index contributed by atoms with van der Waals surface area (Å²) < 4.78 is 6.54. The summed E-state index contributed by atoms with van der Waals surface area (Å²) in [5.41, 5.74) is 2.02. The zero-order valence-corrected chi connectivity index (χ0v) is 15.7. The molecule has 24 heavy (non-hydrogen) atoms. The summed E-state index contributed by atoms with van der Waals surface area (Å²) in [6.45, 7) is 3.57. The Morgan fingerprint density at radius 1 is 1.33 bits per heavy atom. The minimum atomic E-state index is 0.169. The van der Waals surface area contributed by atoms with E-state index in [0.717, 1.165) is 46.9 Å². The molecule has 2 aromatic rings. The number of aromatic nitrogens is 1. The molecule has 1 aromatic heterocycles. The van der Waals surface area contributed by atoms with Crippen LogP contribution >= 0.6 is 11.3 Å². The van der Waals surface area contributed by atoms with Gasteiger partial charge >= 0.3 is 0 Å². The largest absolute Gasteiger partial charge is 0.494 e. The molecule has 0 atom stereocenters. The van der Waals surface area contributed by atoms with Crippen molar-refractivity contribution >= 4 is 32.6 Å². The molecule has 130 valence electrons. The third-order valence-electron chi connectivity index (χ3n) is 4.63. The van der Waals surface area contributed by atoms with Gasteiger partial charge in [0.25, 0.3) is 0 Å². The number of rotatable bonds is 6. The molecule has 1 aliphatic rings.